The Morgan fingerprint density at radius 2 is 1.86 bits per heavy atom. The second kappa shape index (κ2) is 8.15. The summed E-state index contributed by atoms with van der Waals surface area (Å²) in [7, 11) is 0. The van der Waals surface area contributed by atoms with Crippen LogP contribution in [-0.4, -0.2) is 42.1 Å². The van der Waals surface area contributed by atoms with E-state index < -0.39 is 0 Å². The molecule has 1 fully saturated rings. The van der Waals surface area contributed by atoms with Crippen molar-refractivity contribution in [2.24, 2.45) is 4.99 Å². The van der Waals surface area contributed by atoms with Crippen LogP contribution >= 0.6 is 11.6 Å². The molecule has 28 heavy (non-hydrogen) atoms. The van der Waals surface area contributed by atoms with Crippen molar-refractivity contribution >= 4 is 34.2 Å². The lowest BCUT2D eigenvalue weighted by molar-refractivity contribution is 0.321. The van der Waals surface area contributed by atoms with Crippen LogP contribution < -0.4 is 9.64 Å². The number of benzene rings is 2. The fraction of sp³-hybridized carbons (Fsp3) is 0.190. The van der Waals surface area contributed by atoms with E-state index in [9.17, 15) is 0 Å². The number of aromatic nitrogens is 1. The number of hydrogen-bond acceptors (Lipinski definition) is 5. The van der Waals surface area contributed by atoms with Crippen molar-refractivity contribution in [2.45, 2.75) is 0 Å². The zero-order valence-corrected chi connectivity index (χ0v) is 15.9. The Hall–Kier alpha value is -3.30. The average molecular weight is 392 g/mol. The maximum Gasteiger partial charge on any atom is 0.308 e. The summed E-state index contributed by atoms with van der Waals surface area (Å²) >= 11 is 6.09. The molecule has 0 spiro atoms. The van der Waals surface area contributed by atoms with Gasteiger partial charge in [-0.3, -0.25) is 4.98 Å². The number of fused-ring (bicyclic) bond motifs is 1. The number of pyridine rings is 1. The first-order chi connectivity index (χ1) is 13.7. The van der Waals surface area contributed by atoms with Gasteiger partial charge in [0, 0.05) is 48.5 Å². The number of hydrogen-bond donors (Lipinski definition) is 0. The first kappa shape index (κ1) is 18.1. The Morgan fingerprint density at radius 1 is 1.07 bits per heavy atom. The summed E-state index contributed by atoms with van der Waals surface area (Å²) < 4.78 is 5.83. The molecule has 7 heteroatoms. The fourth-order valence-electron chi connectivity index (χ4n) is 3.32. The molecule has 4 rings (SSSR count). The van der Waals surface area contributed by atoms with E-state index in [1.54, 1.807) is 6.20 Å². The predicted molar refractivity (Wildman–Crippen MR) is 111 cm³/mol. The van der Waals surface area contributed by atoms with E-state index in [-0.39, 0.29) is 0 Å². The van der Waals surface area contributed by atoms with Gasteiger partial charge in [-0.2, -0.15) is 5.26 Å². The quantitative estimate of drug-likeness (QED) is 0.376. The number of piperazine rings is 1. The second-order valence-corrected chi connectivity index (χ2v) is 6.81. The van der Waals surface area contributed by atoms with E-state index in [0.717, 1.165) is 29.7 Å². The summed E-state index contributed by atoms with van der Waals surface area (Å²) in [5, 5.41) is 10.8. The summed E-state index contributed by atoms with van der Waals surface area (Å²) in [5.74, 6) is 0.663. The zero-order chi connectivity index (χ0) is 19.3. The minimum absolute atomic E-state index is 0.333. The highest BCUT2D eigenvalue weighted by Gasteiger charge is 2.23. The van der Waals surface area contributed by atoms with Gasteiger partial charge < -0.3 is 14.5 Å². The molecule has 1 aliphatic rings. The van der Waals surface area contributed by atoms with Gasteiger partial charge in [0.2, 0.25) is 6.19 Å². The van der Waals surface area contributed by atoms with Gasteiger partial charge in [-0.1, -0.05) is 29.8 Å². The predicted octanol–water partition coefficient (Wildman–Crippen LogP) is 3.93. The van der Waals surface area contributed by atoms with Crippen molar-refractivity contribution in [1.82, 2.24) is 9.88 Å². The van der Waals surface area contributed by atoms with E-state index >= 15 is 0 Å². The third kappa shape index (κ3) is 3.85. The molecule has 2 heterocycles. The molecule has 0 bridgehead atoms. The van der Waals surface area contributed by atoms with E-state index in [2.05, 4.69) is 14.9 Å². The Kier molecular flexibility index (Phi) is 5.27. The van der Waals surface area contributed by atoms with Crippen LogP contribution in [0.5, 0.6) is 5.75 Å². The van der Waals surface area contributed by atoms with Crippen molar-refractivity contribution in [3.63, 3.8) is 0 Å². The molecule has 6 nitrogen and oxygen atoms in total. The molecule has 140 valence electrons. The van der Waals surface area contributed by atoms with E-state index in [4.69, 9.17) is 21.6 Å². The Balaban J connectivity index is 1.50. The number of rotatable bonds is 2. The molecule has 0 saturated carbocycles. The molecule has 1 aromatic heterocycles. The van der Waals surface area contributed by atoms with Gasteiger partial charge in [0.25, 0.3) is 0 Å². The van der Waals surface area contributed by atoms with Gasteiger partial charge in [-0.15, -0.1) is 4.99 Å². The molecule has 0 amide bonds. The maximum atomic E-state index is 9.04. The summed E-state index contributed by atoms with van der Waals surface area (Å²) in [4.78, 5) is 12.6. The van der Waals surface area contributed by atoms with E-state index in [0.29, 0.717) is 29.9 Å². The number of aliphatic imine (C=N–C) groups is 1. The Labute approximate surface area is 168 Å². The van der Waals surface area contributed by atoms with Crippen LogP contribution in [-0.2, 0) is 0 Å². The number of nitriles is 1. The minimum Gasteiger partial charge on any atom is -0.425 e. The summed E-state index contributed by atoms with van der Waals surface area (Å²) in [6.07, 6.45) is 3.65. The van der Waals surface area contributed by atoms with Crippen molar-refractivity contribution in [3.8, 4) is 11.9 Å². The number of ether oxygens (including phenoxy) is 1. The molecule has 1 aliphatic heterocycles. The van der Waals surface area contributed by atoms with Crippen LogP contribution in [0.1, 0.15) is 0 Å². The standard InChI is InChI=1S/C21H18ClN5O/c22-16-6-7-18-19(14-16)24-9-8-20(18)26-10-12-27(13-11-26)21(25-15-23)28-17-4-2-1-3-5-17/h1-9,14H,10-13H2/b25-21-. The molecule has 0 radical (unpaired) electrons. The van der Waals surface area contributed by atoms with Gasteiger partial charge in [-0.25, -0.2) is 0 Å². The first-order valence-corrected chi connectivity index (χ1v) is 9.36. The summed E-state index contributed by atoms with van der Waals surface area (Å²) in [6.45, 7) is 2.96. The third-order valence-electron chi connectivity index (χ3n) is 4.67. The van der Waals surface area contributed by atoms with Crippen LogP contribution in [0.2, 0.25) is 5.02 Å². The third-order valence-corrected chi connectivity index (χ3v) is 4.91. The lowest BCUT2D eigenvalue weighted by Gasteiger charge is -2.37. The number of para-hydroxylation sites is 1. The SMILES string of the molecule is N#C/N=C(\Oc1ccccc1)N1CCN(c2ccnc3cc(Cl)ccc23)CC1. The summed E-state index contributed by atoms with van der Waals surface area (Å²) in [5.41, 5.74) is 2.01. The van der Waals surface area contributed by atoms with Crippen LogP contribution in [0.15, 0.2) is 65.8 Å². The van der Waals surface area contributed by atoms with Crippen molar-refractivity contribution in [2.75, 3.05) is 31.1 Å². The summed E-state index contributed by atoms with van der Waals surface area (Å²) in [6, 6.07) is 17.5. The molecular formula is C21H18ClN5O. The molecule has 0 aliphatic carbocycles. The van der Waals surface area contributed by atoms with Crippen molar-refractivity contribution in [1.29, 1.82) is 5.26 Å². The Morgan fingerprint density at radius 3 is 2.61 bits per heavy atom. The molecule has 3 aromatic rings. The monoisotopic (exact) mass is 391 g/mol. The minimum atomic E-state index is 0.333. The highest BCUT2D eigenvalue weighted by molar-refractivity contribution is 6.31. The highest BCUT2D eigenvalue weighted by Crippen LogP contribution is 2.28. The number of amidine groups is 1. The van der Waals surface area contributed by atoms with Gasteiger partial charge >= 0.3 is 6.02 Å². The van der Waals surface area contributed by atoms with Crippen molar-refractivity contribution < 1.29 is 4.74 Å². The largest absolute Gasteiger partial charge is 0.425 e. The lowest BCUT2D eigenvalue weighted by Crippen LogP contribution is -2.50. The first-order valence-electron chi connectivity index (χ1n) is 8.98. The van der Waals surface area contributed by atoms with E-state index in [1.807, 2.05) is 65.7 Å². The van der Waals surface area contributed by atoms with Gasteiger partial charge in [0.05, 0.1) is 5.52 Å². The number of nitrogens with zero attached hydrogens (tertiary/aromatic N) is 5. The lowest BCUT2D eigenvalue weighted by atomic mass is 10.1. The van der Waals surface area contributed by atoms with Crippen LogP contribution in [0.25, 0.3) is 10.9 Å². The molecule has 2 aromatic carbocycles. The highest BCUT2D eigenvalue weighted by atomic mass is 35.5. The molecule has 0 atom stereocenters. The average Bonchev–Trinajstić information content (AvgIpc) is 2.74. The normalized spacial score (nSPS) is 14.8. The molecule has 0 unspecified atom stereocenters. The van der Waals surface area contributed by atoms with Crippen molar-refractivity contribution in [3.05, 3.63) is 65.8 Å². The van der Waals surface area contributed by atoms with Crippen LogP contribution in [0.3, 0.4) is 0 Å². The van der Waals surface area contributed by atoms with Gasteiger partial charge in [0.15, 0.2) is 0 Å². The topological polar surface area (TPSA) is 64.8 Å². The molecular weight excluding hydrogens is 374 g/mol. The second-order valence-electron chi connectivity index (χ2n) is 6.38. The smallest absolute Gasteiger partial charge is 0.308 e. The Bertz CT molecular complexity index is 1040. The molecule has 0 N–H and O–H groups in total. The zero-order valence-electron chi connectivity index (χ0n) is 15.1. The van der Waals surface area contributed by atoms with Crippen LogP contribution in [0.4, 0.5) is 5.69 Å². The van der Waals surface area contributed by atoms with E-state index in [1.165, 1.54) is 0 Å². The fourth-order valence-corrected chi connectivity index (χ4v) is 3.48. The van der Waals surface area contributed by atoms with Gasteiger partial charge in [0.1, 0.15) is 5.75 Å². The maximum absolute atomic E-state index is 9.04. The number of halogens is 1. The number of anilines is 1. The molecule has 1 saturated heterocycles. The van der Waals surface area contributed by atoms with Crippen LogP contribution in [0, 0.1) is 11.5 Å². The van der Waals surface area contributed by atoms with Gasteiger partial charge in [-0.05, 0) is 36.4 Å².